The fraction of sp³-hybridized carbons (Fsp3) is 0.231. The maximum absolute atomic E-state index is 13.1. The van der Waals surface area contributed by atoms with E-state index in [0.717, 1.165) is 17.7 Å². The highest BCUT2D eigenvalue weighted by atomic mass is 32.2. The van der Waals surface area contributed by atoms with E-state index in [1.165, 1.54) is 41.0 Å². The van der Waals surface area contributed by atoms with Gasteiger partial charge in [0.1, 0.15) is 0 Å². The summed E-state index contributed by atoms with van der Waals surface area (Å²) in [6, 6.07) is 17.2. The normalized spacial score (nSPS) is 20.8. The molecule has 0 saturated heterocycles. The average molecular weight is 476 g/mol. The van der Waals surface area contributed by atoms with E-state index >= 15 is 0 Å². The molecule has 8 heteroatoms. The molecule has 1 aliphatic heterocycles. The fourth-order valence-corrected chi connectivity index (χ4v) is 6.12. The number of nitro groups is 1. The number of anilines is 2. The summed E-state index contributed by atoms with van der Waals surface area (Å²) >= 11 is 0. The topological polar surface area (TPSA) is 101 Å². The predicted molar refractivity (Wildman–Crippen MR) is 133 cm³/mol. The number of hydrogen-bond acceptors (Lipinski definition) is 5. The number of benzene rings is 3. The third kappa shape index (κ3) is 3.94. The first-order valence-corrected chi connectivity index (χ1v) is 12.6. The Hall–Kier alpha value is -3.65. The minimum absolute atomic E-state index is 0.106. The van der Waals surface area contributed by atoms with Crippen LogP contribution in [-0.2, 0) is 10.0 Å². The number of allylic oxidation sites excluding steroid dienone is 2. The lowest BCUT2D eigenvalue weighted by atomic mass is 9.76. The van der Waals surface area contributed by atoms with Crippen molar-refractivity contribution in [3.05, 3.63) is 105 Å². The van der Waals surface area contributed by atoms with Crippen LogP contribution in [-0.4, -0.2) is 13.3 Å². The highest BCUT2D eigenvalue weighted by Gasteiger charge is 2.39. The van der Waals surface area contributed by atoms with Gasteiger partial charge in [0.15, 0.2) is 0 Å². The van der Waals surface area contributed by atoms with Gasteiger partial charge in [0.2, 0.25) is 0 Å². The molecule has 0 fully saturated rings. The second kappa shape index (κ2) is 8.29. The van der Waals surface area contributed by atoms with Gasteiger partial charge in [-0.25, -0.2) is 8.42 Å². The van der Waals surface area contributed by atoms with E-state index in [2.05, 4.69) is 54.2 Å². The van der Waals surface area contributed by atoms with Gasteiger partial charge in [-0.15, -0.1) is 0 Å². The van der Waals surface area contributed by atoms with Crippen LogP contribution in [0, 0.1) is 29.9 Å². The zero-order valence-corrected chi connectivity index (χ0v) is 19.7. The van der Waals surface area contributed by atoms with Crippen LogP contribution in [0.5, 0.6) is 0 Å². The molecular formula is C26H25N3O4S. The first-order chi connectivity index (χ1) is 16.2. The Morgan fingerprint density at radius 1 is 1.03 bits per heavy atom. The van der Waals surface area contributed by atoms with Crippen molar-refractivity contribution in [2.24, 2.45) is 5.92 Å². The summed E-state index contributed by atoms with van der Waals surface area (Å²) in [4.78, 5) is 10.6. The lowest BCUT2D eigenvalue weighted by Gasteiger charge is -2.38. The van der Waals surface area contributed by atoms with Crippen molar-refractivity contribution in [1.29, 1.82) is 0 Å². The van der Waals surface area contributed by atoms with Crippen LogP contribution in [0.15, 0.2) is 77.7 Å². The molecule has 1 aliphatic carbocycles. The first-order valence-electron chi connectivity index (χ1n) is 11.1. The third-order valence-electron chi connectivity index (χ3n) is 6.72. The molecule has 0 radical (unpaired) electrons. The summed E-state index contributed by atoms with van der Waals surface area (Å²) in [5, 5.41) is 14.7. The minimum atomic E-state index is -3.92. The van der Waals surface area contributed by atoms with Gasteiger partial charge in [0, 0.05) is 23.7 Å². The third-order valence-corrected chi connectivity index (χ3v) is 8.10. The molecule has 3 aromatic carbocycles. The standard InChI is InChI=1S/C26H25N3O4S/c1-16-9-10-17(2)23(13-16)26-22-8-4-7-21(22)24-15-20(11-12-25(24)27-26)34(32,33)28-18-5-3-6-19(14-18)29(30)31/h3-7,9-15,21-22,26-28H,8H2,1-2H3/t21-,22+,26-/m0/s1. The van der Waals surface area contributed by atoms with Crippen molar-refractivity contribution >= 4 is 27.1 Å². The molecule has 0 aromatic heterocycles. The van der Waals surface area contributed by atoms with Crippen molar-refractivity contribution in [2.45, 2.75) is 37.1 Å². The van der Waals surface area contributed by atoms with Crippen molar-refractivity contribution in [3.63, 3.8) is 0 Å². The van der Waals surface area contributed by atoms with E-state index in [-0.39, 0.29) is 34.1 Å². The Morgan fingerprint density at radius 2 is 1.85 bits per heavy atom. The molecule has 0 saturated carbocycles. The van der Waals surface area contributed by atoms with Gasteiger partial charge in [-0.2, -0.15) is 0 Å². The van der Waals surface area contributed by atoms with Gasteiger partial charge >= 0.3 is 0 Å². The number of fused-ring (bicyclic) bond motifs is 3. The highest BCUT2D eigenvalue weighted by molar-refractivity contribution is 7.92. The molecule has 0 unspecified atom stereocenters. The van der Waals surface area contributed by atoms with Crippen LogP contribution in [0.3, 0.4) is 0 Å². The van der Waals surface area contributed by atoms with E-state index in [4.69, 9.17) is 0 Å². The summed E-state index contributed by atoms with van der Waals surface area (Å²) < 4.78 is 28.7. The van der Waals surface area contributed by atoms with Crippen LogP contribution in [0.4, 0.5) is 17.1 Å². The molecular weight excluding hydrogens is 450 g/mol. The van der Waals surface area contributed by atoms with Gasteiger partial charge < -0.3 is 5.32 Å². The molecule has 1 heterocycles. The number of non-ortho nitro benzene ring substituents is 1. The quantitative estimate of drug-likeness (QED) is 0.274. The molecule has 0 spiro atoms. The number of nitrogens with one attached hydrogen (secondary N) is 2. The maximum Gasteiger partial charge on any atom is 0.271 e. The Morgan fingerprint density at radius 3 is 2.65 bits per heavy atom. The second-order valence-corrected chi connectivity index (χ2v) is 10.7. The van der Waals surface area contributed by atoms with Crippen LogP contribution in [0.25, 0.3) is 0 Å². The minimum Gasteiger partial charge on any atom is -0.378 e. The molecule has 34 heavy (non-hydrogen) atoms. The highest BCUT2D eigenvalue weighted by Crippen LogP contribution is 2.50. The molecule has 3 aromatic rings. The first kappa shape index (κ1) is 22.2. The van der Waals surface area contributed by atoms with Crippen molar-refractivity contribution in [2.75, 3.05) is 10.0 Å². The molecule has 0 amide bonds. The number of hydrogen-bond donors (Lipinski definition) is 2. The summed E-state index contributed by atoms with van der Waals surface area (Å²) in [5.74, 6) is 0.393. The van der Waals surface area contributed by atoms with Crippen molar-refractivity contribution in [3.8, 4) is 0 Å². The number of sulfonamides is 1. The Labute approximate surface area is 198 Å². The average Bonchev–Trinajstić information content (AvgIpc) is 3.30. The summed E-state index contributed by atoms with van der Waals surface area (Å²) in [7, 11) is -3.92. The van der Waals surface area contributed by atoms with Gasteiger partial charge in [-0.05, 0) is 67.1 Å². The number of rotatable bonds is 5. The Kier molecular flexibility index (Phi) is 5.40. The fourth-order valence-electron chi connectivity index (χ4n) is 5.04. The van der Waals surface area contributed by atoms with Crippen LogP contribution >= 0.6 is 0 Å². The molecule has 2 N–H and O–H groups in total. The molecule has 5 rings (SSSR count). The van der Waals surface area contributed by atoms with Gasteiger partial charge in [0.25, 0.3) is 15.7 Å². The molecule has 7 nitrogen and oxygen atoms in total. The Bertz CT molecular complexity index is 1430. The number of aryl methyl sites for hydroxylation is 2. The van der Waals surface area contributed by atoms with Gasteiger partial charge in [0.05, 0.1) is 21.5 Å². The lowest BCUT2D eigenvalue weighted by molar-refractivity contribution is -0.384. The number of nitrogens with zero attached hydrogens (tertiary/aromatic N) is 1. The molecule has 0 bridgehead atoms. The summed E-state index contributed by atoms with van der Waals surface area (Å²) in [6.07, 6.45) is 5.26. The van der Waals surface area contributed by atoms with E-state index in [0.29, 0.717) is 0 Å². The molecule has 174 valence electrons. The molecule has 3 atom stereocenters. The van der Waals surface area contributed by atoms with Crippen LogP contribution < -0.4 is 10.0 Å². The van der Waals surface area contributed by atoms with Crippen LogP contribution in [0.1, 0.15) is 40.6 Å². The SMILES string of the molecule is Cc1ccc(C)c([C@H]2Nc3ccc(S(=O)(=O)Nc4cccc([N+](=O)[O-])c4)cc3[C@H]3C=CC[C@H]32)c1. The van der Waals surface area contributed by atoms with Crippen molar-refractivity contribution in [1.82, 2.24) is 0 Å². The monoisotopic (exact) mass is 475 g/mol. The van der Waals surface area contributed by atoms with Crippen LogP contribution in [0.2, 0.25) is 0 Å². The summed E-state index contributed by atoms with van der Waals surface area (Å²) in [6.45, 7) is 4.22. The lowest BCUT2D eigenvalue weighted by Crippen LogP contribution is -2.30. The van der Waals surface area contributed by atoms with E-state index < -0.39 is 14.9 Å². The van der Waals surface area contributed by atoms with Gasteiger partial charge in [-0.1, -0.05) is 42.0 Å². The largest absolute Gasteiger partial charge is 0.378 e. The molecule has 2 aliphatic rings. The zero-order chi connectivity index (χ0) is 24.0. The van der Waals surface area contributed by atoms with E-state index in [1.807, 2.05) is 6.07 Å². The number of nitro benzene ring substituents is 1. The second-order valence-electron chi connectivity index (χ2n) is 9.00. The van der Waals surface area contributed by atoms with E-state index in [1.54, 1.807) is 12.1 Å². The maximum atomic E-state index is 13.1. The summed E-state index contributed by atoms with van der Waals surface area (Å²) in [5.41, 5.74) is 5.57. The smallest absolute Gasteiger partial charge is 0.271 e. The zero-order valence-electron chi connectivity index (χ0n) is 18.9. The predicted octanol–water partition coefficient (Wildman–Crippen LogP) is 5.84. The van der Waals surface area contributed by atoms with E-state index in [9.17, 15) is 18.5 Å². The van der Waals surface area contributed by atoms with Gasteiger partial charge in [-0.3, -0.25) is 14.8 Å². The van der Waals surface area contributed by atoms with Crippen molar-refractivity contribution < 1.29 is 13.3 Å². The Balaban J connectivity index is 1.49.